The highest BCUT2D eigenvalue weighted by atomic mass is 16.6. The molecule has 0 heterocycles. The van der Waals surface area contributed by atoms with Crippen LogP contribution in [0.2, 0.25) is 0 Å². The molecule has 0 saturated carbocycles. The van der Waals surface area contributed by atoms with Crippen LogP contribution in [0.5, 0.6) is 17.2 Å². The predicted molar refractivity (Wildman–Crippen MR) is 91.2 cm³/mol. The number of phenolic OH excluding ortho intramolecular Hbond substituents is 1. The number of nitro benzene ring substituents is 1. The molecule has 0 bridgehead atoms. The Labute approximate surface area is 143 Å². The van der Waals surface area contributed by atoms with Crippen LogP contribution >= 0.6 is 0 Å². The molecule has 0 amide bonds. The highest BCUT2D eigenvalue weighted by molar-refractivity contribution is 6.10. The lowest BCUT2D eigenvalue weighted by Gasteiger charge is -2.11. The van der Waals surface area contributed by atoms with Gasteiger partial charge in [-0.05, 0) is 18.2 Å². The number of hydrogen-bond acceptors (Lipinski definition) is 5. The van der Waals surface area contributed by atoms with Crippen molar-refractivity contribution >= 4 is 11.5 Å². The van der Waals surface area contributed by atoms with Crippen LogP contribution in [-0.4, -0.2) is 15.8 Å². The van der Waals surface area contributed by atoms with Gasteiger partial charge in [0.1, 0.15) is 5.75 Å². The number of nitro groups is 1. The first-order valence-electron chi connectivity index (χ1n) is 7.40. The molecule has 0 spiro atoms. The van der Waals surface area contributed by atoms with Crippen LogP contribution in [0.4, 0.5) is 5.69 Å². The molecule has 0 aromatic heterocycles. The third kappa shape index (κ3) is 3.48. The van der Waals surface area contributed by atoms with Crippen molar-refractivity contribution in [3.63, 3.8) is 0 Å². The van der Waals surface area contributed by atoms with Gasteiger partial charge in [-0.15, -0.1) is 0 Å². The number of non-ortho nitro benzene ring substituents is 1. The minimum atomic E-state index is -0.575. The van der Waals surface area contributed by atoms with E-state index in [0.717, 1.165) is 0 Å². The molecular weight excluding hydrogens is 328 g/mol. The molecule has 0 aliphatic rings. The largest absolute Gasteiger partial charge is 0.504 e. The Balaban J connectivity index is 2.07. The van der Waals surface area contributed by atoms with E-state index in [-0.39, 0.29) is 34.3 Å². The van der Waals surface area contributed by atoms with Gasteiger partial charge in [0.15, 0.2) is 17.3 Å². The van der Waals surface area contributed by atoms with Crippen molar-refractivity contribution in [2.45, 2.75) is 0 Å². The van der Waals surface area contributed by atoms with Gasteiger partial charge in [-0.1, -0.05) is 42.5 Å². The molecule has 0 aliphatic carbocycles. The zero-order valence-corrected chi connectivity index (χ0v) is 13.0. The van der Waals surface area contributed by atoms with E-state index >= 15 is 0 Å². The summed E-state index contributed by atoms with van der Waals surface area (Å²) in [5, 5.41) is 20.9. The topological polar surface area (TPSA) is 89.7 Å². The number of rotatable bonds is 5. The number of phenols is 1. The van der Waals surface area contributed by atoms with Crippen molar-refractivity contribution in [1.82, 2.24) is 0 Å². The molecule has 0 fully saturated rings. The Kier molecular flexibility index (Phi) is 4.43. The van der Waals surface area contributed by atoms with Gasteiger partial charge in [-0.2, -0.15) is 0 Å². The van der Waals surface area contributed by atoms with Gasteiger partial charge in [-0.25, -0.2) is 0 Å². The number of para-hydroxylation sites is 2. The van der Waals surface area contributed by atoms with Gasteiger partial charge in [-0.3, -0.25) is 14.9 Å². The Hall–Kier alpha value is -3.67. The van der Waals surface area contributed by atoms with E-state index in [0.29, 0.717) is 5.56 Å². The number of benzene rings is 3. The number of hydrogen-bond donors (Lipinski definition) is 1. The summed E-state index contributed by atoms with van der Waals surface area (Å²) in [7, 11) is 0. The zero-order chi connectivity index (χ0) is 17.8. The first-order valence-corrected chi connectivity index (χ1v) is 7.40. The fraction of sp³-hybridized carbons (Fsp3) is 0. The molecule has 1 N–H and O–H groups in total. The molecule has 0 radical (unpaired) electrons. The first-order chi connectivity index (χ1) is 12.1. The van der Waals surface area contributed by atoms with Crippen molar-refractivity contribution in [3.05, 3.63) is 94.0 Å². The summed E-state index contributed by atoms with van der Waals surface area (Å²) >= 11 is 0. The van der Waals surface area contributed by atoms with Crippen LogP contribution in [0.3, 0.4) is 0 Å². The number of aromatic hydroxyl groups is 1. The van der Waals surface area contributed by atoms with Crippen LogP contribution in [0.1, 0.15) is 15.9 Å². The van der Waals surface area contributed by atoms with Crippen LogP contribution in [0, 0.1) is 10.1 Å². The number of ether oxygens (including phenoxy) is 1. The number of carbonyl (C=O) groups is 1. The number of nitrogens with zero attached hydrogens (tertiary/aromatic N) is 1. The molecule has 6 heteroatoms. The summed E-state index contributed by atoms with van der Waals surface area (Å²) in [6.45, 7) is 0. The van der Waals surface area contributed by atoms with E-state index in [9.17, 15) is 20.0 Å². The van der Waals surface area contributed by atoms with Crippen molar-refractivity contribution in [2.75, 3.05) is 0 Å². The number of carbonyl (C=O) groups excluding carboxylic acids is 1. The molecule has 3 aromatic carbocycles. The first kappa shape index (κ1) is 16.2. The number of ketones is 1. The van der Waals surface area contributed by atoms with E-state index in [2.05, 4.69) is 0 Å². The van der Waals surface area contributed by atoms with Gasteiger partial charge in [0.05, 0.1) is 16.6 Å². The summed E-state index contributed by atoms with van der Waals surface area (Å²) in [5.41, 5.74) is 0.383. The van der Waals surface area contributed by atoms with Gasteiger partial charge in [0.25, 0.3) is 5.69 Å². The van der Waals surface area contributed by atoms with Crippen LogP contribution in [-0.2, 0) is 0 Å². The molecule has 3 aromatic rings. The second-order valence-electron chi connectivity index (χ2n) is 5.20. The molecule has 0 unspecified atom stereocenters. The molecule has 6 nitrogen and oxygen atoms in total. The van der Waals surface area contributed by atoms with E-state index in [1.54, 1.807) is 42.5 Å². The Morgan fingerprint density at radius 1 is 0.920 bits per heavy atom. The van der Waals surface area contributed by atoms with Gasteiger partial charge in [0.2, 0.25) is 0 Å². The highest BCUT2D eigenvalue weighted by Crippen LogP contribution is 2.34. The fourth-order valence-corrected chi connectivity index (χ4v) is 2.30. The second-order valence-corrected chi connectivity index (χ2v) is 5.20. The van der Waals surface area contributed by atoms with Crippen LogP contribution in [0.15, 0.2) is 72.8 Å². The smallest absolute Gasteiger partial charge is 0.273 e. The zero-order valence-electron chi connectivity index (χ0n) is 13.0. The SMILES string of the molecule is O=C(c1ccccc1)c1ccc([N+](=O)[O-])cc1O[13c]1[13cH][13cH][13cH][13cH][13c]1O. The Morgan fingerprint density at radius 3 is 2.28 bits per heavy atom. The average molecular weight is 341 g/mol. The van der Waals surface area contributed by atoms with E-state index in [1.165, 1.54) is 30.3 Å². The fourth-order valence-electron chi connectivity index (χ4n) is 2.30. The standard InChI is InChI=1S/C19H13NO5/c21-16-8-4-5-9-17(16)25-18-12-14(20(23)24)10-11-15(18)19(22)13-6-2-1-3-7-13/h1-12,21H/i4+1,5+1,8+1,9+1,16+1,17+1. The maximum atomic E-state index is 12.7. The third-order valence-electron chi connectivity index (χ3n) is 3.54. The summed E-state index contributed by atoms with van der Waals surface area (Å²) < 4.78 is 5.60. The molecule has 0 saturated heterocycles. The van der Waals surface area contributed by atoms with Crippen LogP contribution < -0.4 is 4.74 Å². The maximum Gasteiger partial charge on any atom is 0.273 e. The van der Waals surface area contributed by atoms with Crippen molar-refractivity contribution in [2.24, 2.45) is 0 Å². The lowest BCUT2D eigenvalue weighted by Crippen LogP contribution is -2.04. The van der Waals surface area contributed by atoms with Gasteiger partial charge >= 0.3 is 0 Å². The quantitative estimate of drug-likeness (QED) is 0.424. The average Bonchev–Trinajstić information content (AvgIpc) is 2.63. The molecule has 25 heavy (non-hydrogen) atoms. The normalized spacial score (nSPS) is 10.2. The molecule has 3 rings (SSSR count). The van der Waals surface area contributed by atoms with Crippen molar-refractivity contribution in [3.8, 4) is 17.2 Å². The van der Waals surface area contributed by atoms with E-state index in [1.807, 2.05) is 0 Å². The van der Waals surface area contributed by atoms with Gasteiger partial charge in [0, 0.05) is 11.6 Å². The summed E-state index contributed by atoms with van der Waals surface area (Å²) in [5.74, 6) is -0.359. The maximum absolute atomic E-state index is 12.7. The Morgan fingerprint density at radius 2 is 1.60 bits per heavy atom. The molecular formula is C19H13NO5. The minimum absolute atomic E-state index is 0.00422. The predicted octanol–water partition coefficient (Wildman–Crippen LogP) is 4.32. The second kappa shape index (κ2) is 6.84. The molecule has 0 aliphatic heterocycles. The summed E-state index contributed by atoms with van der Waals surface area (Å²) in [4.78, 5) is 23.2. The van der Waals surface area contributed by atoms with E-state index in [4.69, 9.17) is 4.74 Å². The van der Waals surface area contributed by atoms with E-state index < -0.39 is 4.92 Å². The van der Waals surface area contributed by atoms with Gasteiger partial charge < -0.3 is 9.84 Å². The lowest BCUT2D eigenvalue weighted by molar-refractivity contribution is -0.384. The third-order valence-corrected chi connectivity index (χ3v) is 3.54. The highest BCUT2D eigenvalue weighted by Gasteiger charge is 2.20. The molecule has 0 atom stereocenters. The van der Waals surface area contributed by atoms with Crippen LogP contribution in [0.25, 0.3) is 0 Å². The van der Waals surface area contributed by atoms with Crippen molar-refractivity contribution < 1.29 is 19.6 Å². The summed E-state index contributed by atoms with van der Waals surface area (Å²) in [6, 6.07) is 18.5. The minimum Gasteiger partial charge on any atom is -0.504 e. The molecule has 124 valence electrons. The van der Waals surface area contributed by atoms with Crippen molar-refractivity contribution in [1.29, 1.82) is 0 Å². The summed E-state index contributed by atoms with van der Waals surface area (Å²) in [6.07, 6.45) is 0. The monoisotopic (exact) mass is 341 g/mol. The lowest BCUT2D eigenvalue weighted by atomic mass is 10.0. The Bertz CT molecular complexity index is 938.